The molecule has 2 bridgehead atoms. The monoisotopic (exact) mass is 499 g/mol. The van der Waals surface area contributed by atoms with Gasteiger partial charge in [-0.05, 0) is 48.9 Å². The second-order valence-electron chi connectivity index (χ2n) is 10.3. The molecule has 7 rings (SSSR count). The number of benzene rings is 2. The number of hydrogen-bond donors (Lipinski definition) is 2. The molecular weight excluding hydrogens is 466 g/mol. The maximum Gasteiger partial charge on any atom is 0.291 e. The van der Waals surface area contributed by atoms with E-state index in [1.54, 1.807) is 11.9 Å². The lowest BCUT2D eigenvalue weighted by atomic mass is 10.0. The minimum Gasteiger partial charge on any atom is -0.367 e. The molecule has 3 aromatic rings. The summed E-state index contributed by atoms with van der Waals surface area (Å²) >= 11 is 0. The molecule has 1 aromatic heterocycles. The average Bonchev–Trinajstić information content (AvgIpc) is 3.12. The van der Waals surface area contributed by atoms with Crippen molar-refractivity contribution in [3.8, 4) is 0 Å². The van der Waals surface area contributed by atoms with E-state index in [1.165, 1.54) is 31.6 Å². The molecule has 0 radical (unpaired) electrons. The van der Waals surface area contributed by atoms with Crippen molar-refractivity contribution in [2.75, 3.05) is 43.0 Å². The van der Waals surface area contributed by atoms with Crippen LogP contribution in [0.2, 0.25) is 0 Å². The highest BCUT2D eigenvalue weighted by Gasteiger charge is 2.33. The molecule has 9 heteroatoms. The lowest BCUT2D eigenvalue weighted by Crippen LogP contribution is -2.47. The van der Waals surface area contributed by atoms with Crippen LogP contribution >= 0.6 is 0 Å². The van der Waals surface area contributed by atoms with Crippen LogP contribution in [0, 0.1) is 0 Å². The first-order valence-electron chi connectivity index (χ1n) is 13.2. The quantitative estimate of drug-likeness (QED) is 0.560. The fourth-order valence-electron chi connectivity index (χ4n) is 5.88. The second-order valence-corrected chi connectivity index (χ2v) is 10.3. The first-order valence-corrected chi connectivity index (χ1v) is 13.2. The molecule has 4 aliphatic rings. The Kier molecular flexibility index (Phi) is 6.38. The zero-order chi connectivity index (χ0) is 25.4. The number of amides is 2. The molecule has 9 nitrogen and oxygen atoms in total. The van der Waals surface area contributed by atoms with Gasteiger partial charge in [-0.25, -0.2) is 4.98 Å². The summed E-state index contributed by atoms with van der Waals surface area (Å²) in [5.41, 5.74) is 4.32. The van der Waals surface area contributed by atoms with E-state index in [-0.39, 0.29) is 11.7 Å². The van der Waals surface area contributed by atoms with Crippen molar-refractivity contribution in [3.63, 3.8) is 0 Å². The summed E-state index contributed by atoms with van der Waals surface area (Å²) in [6, 6.07) is 16.3. The lowest BCUT2D eigenvalue weighted by molar-refractivity contribution is -0.120. The number of anilines is 2. The van der Waals surface area contributed by atoms with Crippen molar-refractivity contribution in [1.82, 2.24) is 25.4 Å². The normalized spacial score (nSPS) is 23.4. The highest BCUT2D eigenvalue weighted by Crippen LogP contribution is 2.34. The highest BCUT2D eigenvalue weighted by atomic mass is 16.2. The van der Waals surface area contributed by atoms with Crippen LogP contribution in [0.3, 0.4) is 0 Å². The third-order valence-electron chi connectivity index (χ3n) is 8.00. The van der Waals surface area contributed by atoms with Crippen molar-refractivity contribution < 1.29 is 9.59 Å². The minimum atomic E-state index is -0.633. The number of carbonyl (C=O) groups excluding carboxylic acids is 2. The van der Waals surface area contributed by atoms with Crippen molar-refractivity contribution in [3.05, 3.63) is 71.3 Å². The summed E-state index contributed by atoms with van der Waals surface area (Å²) in [4.78, 5) is 37.5. The van der Waals surface area contributed by atoms with Crippen LogP contribution < -0.4 is 15.1 Å². The Morgan fingerprint density at radius 1 is 1.05 bits per heavy atom. The van der Waals surface area contributed by atoms with Crippen LogP contribution in [0.4, 0.5) is 11.4 Å². The Morgan fingerprint density at radius 2 is 1.86 bits per heavy atom. The third kappa shape index (κ3) is 4.83. The largest absolute Gasteiger partial charge is 0.367 e. The average molecular weight is 500 g/mol. The summed E-state index contributed by atoms with van der Waals surface area (Å²) in [7, 11) is 1.81. The summed E-state index contributed by atoms with van der Waals surface area (Å²) < 4.78 is 0. The van der Waals surface area contributed by atoms with E-state index in [2.05, 4.69) is 48.5 Å². The number of carbonyl (C=O) groups is 2. The minimum absolute atomic E-state index is 0.0530. The van der Waals surface area contributed by atoms with Gasteiger partial charge in [0.25, 0.3) is 5.91 Å². The summed E-state index contributed by atoms with van der Waals surface area (Å²) in [5.74, 6) is 0.105. The third-order valence-corrected chi connectivity index (χ3v) is 8.00. The van der Waals surface area contributed by atoms with Gasteiger partial charge in [-0.2, -0.15) is 0 Å². The number of hydrogen-bond acceptors (Lipinski definition) is 6. The zero-order valence-electron chi connectivity index (χ0n) is 21.2. The number of aromatic amines is 1. The summed E-state index contributed by atoms with van der Waals surface area (Å²) in [5, 5.41) is 9.82. The molecule has 0 saturated carbocycles. The second kappa shape index (κ2) is 9.97. The van der Waals surface area contributed by atoms with Crippen LogP contribution in [0.1, 0.15) is 46.8 Å². The van der Waals surface area contributed by atoms with Crippen molar-refractivity contribution in [2.24, 2.45) is 0 Å². The lowest BCUT2D eigenvalue weighted by Gasteiger charge is -2.33. The van der Waals surface area contributed by atoms with E-state index >= 15 is 0 Å². The molecule has 3 fully saturated rings. The number of fused-ring (bicyclic) bond motifs is 5. The van der Waals surface area contributed by atoms with E-state index in [9.17, 15) is 9.59 Å². The topological polar surface area (TPSA) is 97.5 Å². The van der Waals surface area contributed by atoms with Gasteiger partial charge in [0, 0.05) is 57.1 Å². The fourth-order valence-corrected chi connectivity index (χ4v) is 5.88. The van der Waals surface area contributed by atoms with Crippen molar-refractivity contribution >= 4 is 23.2 Å². The van der Waals surface area contributed by atoms with Gasteiger partial charge in [-0.1, -0.05) is 36.4 Å². The van der Waals surface area contributed by atoms with E-state index in [1.807, 2.05) is 30.3 Å². The van der Waals surface area contributed by atoms with Crippen molar-refractivity contribution in [2.45, 2.75) is 44.2 Å². The zero-order valence-corrected chi connectivity index (χ0v) is 21.2. The smallest absolute Gasteiger partial charge is 0.291 e. The Bertz CT molecular complexity index is 1280. The Labute approximate surface area is 216 Å². The van der Waals surface area contributed by atoms with Gasteiger partial charge in [0.15, 0.2) is 0 Å². The molecule has 2 aromatic carbocycles. The summed E-state index contributed by atoms with van der Waals surface area (Å²) in [6.45, 7) is 4.45. The molecule has 1 atom stereocenters. The Hall–Kier alpha value is -3.72. The van der Waals surface area contributed by atoms with Gasteiger partial charge in [-0.15, -0.1) is 5.10 Å². The molecule has 4 aliphatic heterocycles. The van der Waals surface area contributed by atoms with Crippen LogP contribution in [0.25, 0.3) is 0 Å². The molecule has 0 aliphatic carbocycles. The first-order chi connectivity index (χ1) is 18.0. The van der Waals surface area contributed by atoms with Gasteiger partial charge in [0.05, 0.1) is 0 Å². The molecule has 2 N–H and O–H groups in total. The molecule has 0 unspecified atom stereocenters. The molecular formula is C28H33N7O2. The van der Waals surface area contributed by atoms with Gasteiger partial charge in [0.1, 0.15) is 11.9 Å². The maximum absolute atomic E-state index is 13.4. The number of H-pyrrole nitrogens is 1. The summed E-state index contributed by atoms with van der Waals surface area (Å²) in [6.07, 6.45) is 4.17. The number of rotatable bonds is 5. The van der Waals surface area contributed by atoms with Crippen LogP contribution in [0.15, 0.2) is 48.5 Å². The molecule has 192 valence electrons. The number of aryl methyl sites for hydroxylation is 1. The predicted octanol–water partition coefficient (Wildman–Crippen LogP) is 2.39. The number of nitrogens with zero attached hydrogens (tertiary/aromatic N) is 5. The maximum atomic E-state index is 13.4. The number of nitrogens with one attached hydrogen (secondary N) is 2. The molecule has 3 saturated heterocycles. The van der Waals surface area contributed by atoms with E-state index in [4.69, 9.17) is 0 Å². The first kappa shape index (κ1) is 23.7. The Balaban J connectivity index is 1.15. The van der Waals surface area contributed by atoms with Crippen LogP contribution in [0.5, 0.6) is 0 Å². The van der Waals surface area contributed by atoms with E-state index in [0.29, 0.717) is 31.1 Å². The fraction of sp³-hybridized carbons (Fsp3) is 0.429. The highest BCUT2D eigenvalue weighted by molar-refractivity contribution is 6.02. The SMILES string of the molecule is CN1C(=O)[C@H](NC(=O)c2n[nH]c(Cc3ccccc3)n2)CCc2ccc(N3CCN4CCC3CC4)cc21. The van der Waals surface area contributed by atoms with Gasteiger partial charge >= 0.3 is 0 Å². The number of piperidine rings is 1. The Morgan fingerprint density at radius 3 is 2.68 bits per heavy atom. The van der Waals surface area contributed by atoms with Gasteiger partial charge < -0.3 is 20.0 Å². The van der Waals surface area contributed by atoms with Crippen LogP contribution in [-0.2, 0) is 17.6 Å². The number of likely N-dealkylation sites (N-methyl/N-ethyl adjacent to an activating group) is 1. The standard InChI is InChI=1S/C28H33N7O2/c1-33-24-18-22(35-16-15-34-13-11-21(35)12-14-34)9-7-20(24)8-10-23(28(33)37)29-27(36)26-30-25(31-32-26)17-19-5-3-2-4-6-19/h2-7,9,18,21,23H,8,10-17H2,1H3,(H,29,36)(H,30,31,32)/t23-/m1/s1. The van der Waals surface area contributed by atoms with E-state index < -0.39 is 11.9 Å². The van der Waals surface area contributed by atoms with Gasteiger partial charge in [0.2, 0.25) is 11.7 Å². The van der Waals surface area contributed by atoms with Gasteiger partial charge in [-0.3, -0.25) is 14.7 Å². The predicted molar refractivity (Wildman–Crippen MR) is 142 cm³/mol. The molecule has 2 amide bonds. The number of aromatic nitrogens is 3. The van der Waals surface area contributed by atoms with E-state index in [0.717, 1.165) is 29.9 Å². The molecule has 5 heterocycles. The van der Waals surface area contributed by atoms with Crippen molar-refractivity contribution in [1.29, 1.82) is 0 Å². The van der Waals surface area contributed by atoms with Crippen LogP contribution in [-0.4, -0.2) is 77.2 Å². The molecule has 0 spiro atoms. The molecule has 37 heavy (non-hydrogen) atoms.